The maximum absolute atomic E-state index is 12.2. The Morgan fingerprint density at radius 3 is 2.35 bits per heavy atom. The van der Waals surface area contributed by atoms with Gasteiger partial charge in [0.2, 0.25) is 5.91 Å². The van der Waals surface area contributed by atoms with Crippen LogP contribution in [0.15, 0.2) is 29.2 Å². The van der Waals surface area contributed by atoms with Crippen molar-refractivity contribution < 1.29 is 19.2 Å². The van der Waals surface area contributed by atoms with E-state index in [4.69, 9.17) is 11.6 Å². The maximum Gasteiger partial charge on any atom is 0.334 e. The number of urea groups is 1. The Morgan fingerprint density at radius 1 is 1.12 bits per heavy atom. The Kier molecular flexibility index (Phi) is 7.05. The molecule has 1 aliphatic heterocycles. The second-order valence-corrected chi connectivity index (χ2v) is 7.74. The molecule has 1 fully saturated rings. The molecule has 5 amide bonds. The Labute approximate surface area is 161 Å². The van der Waals surface area contributed by atoms with E-state index in [-0.39, 0.29) is 12.5 Å². The van der Waals surface area contributed by atoms with E-state index >= 15 is 0 Å². The second-order valence-electron chi connectivity index (χ2n) is 6.14. The number of nitrogens with zero attached hydrogens (tertiary/aromatic N) is 2. The zero-order valence-corrected chi connectivity index (χ0v) is 16.1. The van der Waals surface area contributed by atoms with Crippen molar-refractivity contribution in [1.29, 1.82) is 0 Å². The molecule has 1 heterocycles. The highest BCUT2D eigenvalue weighted by Gasteiger charge is 2.45. The van der Waals surface area contributed by atoms with E-state index in [0.717, 1.165) is 9.80 Å². The van der Waals surface area contributed by atoms with Crippen LogP contribution in [0, 0.1) is 5.92 Å². The lowest BCUT2D eigenvalue weighted by Crippen LogP contribution is -2.42. The molecule has 7 nitrogen and oxygen atoms in total. The lowest BCUT2D eigenvalue weighted by Gasteiger charge is -2.16. The van der Waals surface area contributed by atoms with Gasteiger partial charge in [-0.3, -0.25) is 19.3 Å². The molecule has 26 heavy (non-hydrogen) atoms. The van der Waals surface area contributed by atoms with E-state index in [9.17, 15) is 19.2 Å². The highest BCUT2D eigenvalue weighted by Crippen LogP contribution is 2.19. The van der Waals surface area contributed by atoms with Crippen molar-refractivity contribution in [1.82, 2.24) is 15.1 Å². The van der Waals surface area contributed by atoms with E-state index in [0.29, 0.717) is 22.2 Å². The molecule has 0 spiro atoms. The van der Waals surface area contributed by atoms with Crippen molar-refractivity contribution in [3.05, 3.63) is 29.3 Å². The number of thioether (sulfide) groups is 1. The molecule has 0 saturated carbocycles. The quantitative estimate of drug-likeness (QED) is 0.314. The van der Waals surface area contributed by atoms with Gasteiger partial charge in [-0.1, -0.05) is 25.4 Å². The summed E-state index contributed by atoms with van der Waals surface area (Å²) in [5.74, 6) is -1.67. The Hall–Kier alpha value is -2.06. The molecule has 0 atom stereocenters. The third-order valence-electron chi connectivity index (χ3n) is 3.49. The zero-order chi connectivity index (χ0) is 19.3. The van der Waals surface area contributed by atoms with E-state index in [1.165, 1.54) is 11.8 Å². The molecular weight excluding hydrogens is 378 g/mol. The molecule has 1 aromatic rings. The summed E-state index contributed by atoms with van der Waals surface area (Å²) in [6.07, 6.45) is 0. The molecular formula is C17H20ClN3O4S. The number of halogens is 1. The molecule has 9 heteroatoms. The highest BCUT2D eigenvalue weighted by atomic mass is 35.5. The minimum Gasteiger partial charge on any atom is -0.354 e. The molecule has 0 radical (unpaired) electrons. The number of hydrogen-bond acceptors (Lipinski definition) is 5. The lowest BCUT2D eigenvalue weighted by molar-refractivity contribution is -0.144. The first-order valence-corrected chi connectivity index (χ1v) is 9.48. The van der Waals surface area contributed by atoms with Gasteiger partial charge in [-0.15, -0.1) is 11.8 Å². The lowest BCUT2D eigenvalue weighted by atomic mass is 10.2. The Morgan fingerprint density at radius 2 is 1.73 bits per heavy atom. The van der Waals surface area contributed by atoms with Crippen LogP contribution in [0.5, 0.6) is 0 Å². The standard InChI is InChI=1S/C17H20ClN3O4S/c1-11(2)9-20-15(23)16(24)21(17(20)25)10-14(22)19-7-8-26-13-5-3-12(18)4-6-13/h3-6,11H,7-10H2,1-2H3,(H,19,22). The summed E-state index contributed by atoms with van der Waals surface area (Å²) in [7, 11) is 0. The molecule has 0 aliphatic carbocycles. The first-order chi connectivity index (χ1) is 12.3. The van der Waals surface area contributed by atoms with Crippen molar-refractivity contribution >= 4 is 47.1 Å². The summed E-state index contributed by atoms with van der Waals surface area (Å²) in [4.78, 5) is 50.5. The summed E-state index contributed by atoms with van der Waals surface area (Å²) < 4.78 is 0. The minimum absolute atomic E-state index is 0.0365. The van der Waals surface area contributed by atoms with Gasteiger partial charge < -0.3 is 5.32 Å². The van der Waals surface area contributed by atoms with Gasteiger partial charge in [0.15, 0.2) is 0 Å². The van der Waals surface area contributed by atoms with E-state index < -0.39 is 30.3 Å². The molecule has 0 unspecified atom stereocenters. The van der Waals surface area contributed by atoms with Gasteiger partial charge in [-0.05, 0) is 30.2 Å². The van der Waals surface area contributed by atoms with E-state index in [2.05, 4.69) is 5.32 Å². The van der Waals surface area contributed by atoms with Crippen LogP contribution in [-0.2, 0) is 14.4 Å². The topological polar surface area (TPSA) is 86.8 Å². The number of carbonyl (C=O) groups is 4. The van der Waals surface area contributed by atoms with Gasteiger partial charge in [0.1, 0.15) is 6.54 Å². The number of hydrogen-bond donors (Lipinski definition) is 1. The molecule has 1 saturated heterocycles. The van der Waals surface area contributed by atoms with Crippen LogP contribution >= 0.6 is 23.4 Å². The number of amides is 5. The average molecular weight is 398 g/mol. The van der Waals surface area contributed by atoms with Crippen LogP contribution in [-0.4, -0.2) is 58.9 Å². The van der Waals surface area contributed by atoms with Crippen LogP contribution in [0.1, 0.15) is 13.8 Å². The van der Waals surface area contributed by atoms with Gasteiger partial charge >= 0.3 is 17.8 Å². The molecule has 140 valence electrons. The zero-order valence-electron chi connectivity index (χ0n) is 14.5. The maximum atomic E-state index is 12.2. The summed E-state index contributed by atoms with van der Waals surface area (Å²) in [5, 5.41) is 3.30. The van der Waals surface area contributed by atoms with Gasteiger partial charge in [0, 0.05) is 28.8 Å². The first-order valence-electron chi connectivity index (χ1n) is 8.12. The van der Waals surface area contributed by atoms with Crippen LogP contribution < -0.4 is 5.32 Å². The van der Waals surface area contributed by atoms with Crippen LogP contribution in [0.25, 0.3) is 0 Å². The number of rotatable bonds is 8. The predicted molar refractivity (Wildman–Crippen MR) is 98.8 cm³/mol. The molecule has 2 rings (SSSR count). The number of carbonyl (C=O) groups excluding carboxylic acids is 4. The van der Waals surface area contributed by atoms with E-state index in [1.54, 1.807) is 12.1 Å². The summed E-state index contributed by atoms with van der Waals surface area (Å²) in [5.41, 5.74) is 0. The van der Waals surface area contributed by atoms with Crippen molar-refractivity contribution in [2.75, 3.05) is 25.4 Å². The fourth-order valence-corrected chi connectivity index (χ4v) is 3.20. The molecule has 1 aliphatic rings. The number of imide groups is 2. The highest BCUT2D eigenvalue weighted by molar-refractivity contribution is 7.99. The molecule has 1 N–H and O–H groups in total. The largest absolute Gasteiger partial charge is 0.354 e. The van der Waals surface area contributed by atoms with Gasteiger partial charge in [0.05, 0.1) is 0 Å². The van der Waals surface area contributed by atoms with Crippen molar-refractivity contribution in [3.8, 4) is 0 Å². The van der Waals surface area contributed by atoms with Crippen LogP contribution in [0.3, 0.4) is 0 Å². The van der Waals surface area contributed by atoms with Gasteiger partial charge in [-0.2, -0.15) is 0 Å². The SMILES string of the molecule is CC(C)CN1C(=O)C(=O)N(CC(=O)NCCSc2ccc(Cl)cc2)C1=O. The normalized spacial score (nSPS) is 14.5. The predicted octanol–water partition coefficient (Wildman–Crippen LogP) is 2.00. The monoisotopic (exact) mass is 397 g/mol. The fourth-order valence-electron chi connectivity index (χ4n) is 2.31. The fraction of sp³-hybridized carbons (Fsp3) is 0.412. The smallest absolute Gasteiger partial charge is 0.334 e. The number of benzene rings is 1. The summed E-state index contributed by atoms with van der Waals surface area (Å²) >= 11 is 7.35. The summed E-state index contributed by atoms with van der Waals surface area (Å²) in [6, 6.07) is 6.59. The van der Waals surface area contributed by atoms with Crippen molar-refractivity contribution in [3.63, 3.8) is 0 Å². The summed E-state index contributed by atoms with van der Waals surface area (Å²) in [6.45, 7) is 3.73. The average Bonchev–Trinajstić information content (AvgIpc) is 2.78. The Balaban J connectivity index is 1.78. The molecule has 1 aromatic carbocycles. The Bertz CT molecular complexity index is 708. The van der Waals surface area contributed by atoms with Crippen molar-refractivity contribution in [2.45, 2.75) is 18.7 Å². The van der Waals surface area contributed by atoms with Gasteiger partial charge in [-0.25, -0.2) is 9.69 Å². The third kappa shape index (κ3) is 5.22. The number of nitrogens with one attached hydrogen (secondary N) is 1. The second kappa shape index (κ2) is 9.05. The van der Waals surface area contributed by atoms with Crippen molar-refractivity contribution in [2.24, 2.45) is 5.92 Å². The van der Waals surface area contributed by atoms with E-state index in [1.807, 2.05) is 26.0 Å². The van der Waals surface area contributed by atoms with Crippen LogP contribution in [0.2, 0.25) is 5.02 Å². The molecule has 0 bridgehead atoms. The van der Waals surface area contributed by atoms with Gasteiger partial charge in [0.25, 0.3) is 0 Å². The third-order valence-corrected chi connectivity index (χ3v) is 4.76. The first kappa shape index (κ1) is 20.3. The minimum atomic E-state index is -0.957. The van der Waals surface area contributed by atoms with Crippen LogP contribution in [0.4, 0.5) is 4.79 Å². The molecule has 0 aromatic heterocycles.